The van der Waals surface area contributed by atoms with Crippen molar-refractivity contribution >= 4 is 30.4 Å². The van der Waals surface area contributed by atoms with Crippen molar-refractivity contribution in [3.05, 3.63) is 54.1 Å². The first-order valence-corrected chi connectivity index (χ1v) is 11.0. The van der Waals surface area contributed by atoms with E-state index >= 15 is 0 Å². The maximum absolute atomic E-state index is 13.3. The highest BCUT2D eigenvalue weighted by atomic mass is 19.1. The van der Waals surface area contributed by atoms with Gasteiger partial charge >= 0.3 is 0 Å². The largest absolute Gasteiger partial charge is 0.508 e. The summed E-state index contributed by atoms with van der Waals surface area (Å²) in [7, 11) is 0. The molecule has 6 N–H and O–H groups in total. The van der Waals surface area contributed by atoms with E-state index in [0.717, 1.165) is 37.3 Å². The summed E-state index contributed by atoms with van der Waals surface area (Å²) in [5, 5.41) is 13.4. The molecule has 2 aromatic rings. The summed E-state index contributed by atoms with van der Waals surface area (Å²) in [4.78, 5) is 28.4. The predicted molar refractivity (Wildman–Crippen MR) is 131 cm³/mol. The number of hydrogen-bond acceptors (Lipinski definition) is 7. The maximum atomic E-state index is 13.3. The number of aromatic hydroxyl groups is 1. The van der Waals surface area contributed by atoms with E-state index in [2.05, 4.69) is 27.0 Å². The van der Waals surface area contributed by atoms with E-state index in [4.69, 9.17) is 16.5 Å². The second kappa shape index (κ2) is 11.5. The molecule has 180 valence electrons. The number of phenols is 1. The number of carbonyl (C=O) groups is 1. The van der Waals surface area contributed by atoms with Gasteiger partial charge in [-0.05, 0) is 44.5 Å². The molecule has 1 unspecified atom stereocenters. The number of para-hydroxylation sites is 1. The van der Waals surface area contributed by atoms with Crippen LogP contribution < -0.4 is 16.8 Å². The molecule has 1 atom stereocenters. The van der Waals surface area contributed by atoms with Crippen molar-refractivity contribution in [3.8, 4) is 5.75 Å². The fraction of sp³-hybridized carbons (Fsp3) is 0.375. The Morgan fingerprint density at radius 1 is 1.32 bits per heavy atom. The number of nitrogens with one attached hydrogen (secondary N) is 1. The van der Waals surface area contributed by atoms with Crippen LogP contribution in [0.5, 0.6) is 5.75 Å². The Hall–Kier alpha value is -3.66. The second-order valence-corrected chi connectivity index (χ2v) is 8.42. The Balaban J connectivity index is 1.67. The van der Waals surface area contributed by atoms with Gasteiger partial charge in [-0.15, -0.1) is 0 Å². The van der Waals surface area contributed by atoms with E-state index in [1.165, 1.54) is 18.5 Å². The second-order valence-electron chi connectivity index (χ2n) is 8.42. The molecular formula is C24H30FN7O2. The van der Waals surface area contributed by atoms with E-state index in [-0.39, 0.29) is 23.3 Å². The van der Waals surface area contributed by atoms with Crippen LogP contribution in [0.1, 0.15) is 31.2 Å². The van der Waals surface area contributed by atoms with Crippen molar-refractivity contribution in [2.45, 2.75) is 43.8 Å². The molecule has 0 saturated heterocycles. The topological polar surface area (TPSA) is 151 Å². The van der Waals surface area contributed by atoms with Crippen molar-refractivity contribution in [3.63, 3.8) is 0 Å². The van der Waals surface area contributed by atoms with Gasteiger partial charge in [0.25, 0.3) is 0 Å². The zero-order valence-electron chi connectivity index (χ0n) is 18.9. The van der Waals surface area contributed by atoms with E-state index in [1.54, 1.807) is 12.1 Å². The molecule has 1 amide bonds. The third-order valence-electron chi connectivity index (χ3n) is 5.99. The number of pyridine rings is 1. The van der Waals surface area contributed by atoms with Crippen molar-refractivity contribution in [2.24, 2.45) is 32.4 Å². The maximum Gasteiger partial charge on any atom is 0.233 e. The Morgan fingerprint density at radius 3 is 2.71 bits per heavy atom. The van der Waals surface area contributed by atoms with Gasteiger partial charge in [0.15, 0.2) is 0 Å². The van der Waals surface area contributed by atoms with Gasteiger partial charge < -0.3 is 21.9 Å². The van der Waals surface area contributed by atoms with Crippen LogP contribution in [0.15, 0.2) is 57.6 Å². The summed E-state index contributed by atoms with van der Waals surface area (Å²) in [6, 6.07) is 10.1. The van der Waals surface area contributed by atoms with Gasteiger partial charge in [0.1, 0.15) is 17.5 Å². The SMILES string of the molecule is C=NCC1(N=CC(C(N)=O)C(N)=Nc2ccnc(F)c2)CCC(NCc2ccccc2O)CC1. The number of benzene rings is 1. The van der Waals surface area contributed by atoms with Gasteiger partial charge in [-0.2, -0.15) is 4.39 Å². The molecule has 1 aliphatic carbocycles. The molecule has 3 rings (SSSR count). The van der Waals surface area contributed by atoms with Crippen LogP contribution in [0.25, 0.3) is 0 Å². The molecule has 1 saturated carbocycles. The summed E-state index contributed by atoms with van der Waals surface area (Å²) in [6.45, 7) is 4.58. The number of amides is 1. The summed E-state index contributed by atoms with van der Waals surface area (Å²) < 4.78 is 13.3. The first-order chi connectivity index (χ1) is 16.3. The monoisotopic (exact) mass is 467 g/mol. The molecule has 34 heavy (non-hydrogen) atoms. The van der Waals surface area contributed by atoms with E-state index in [1.807, 2.05) is 12.1 Å². The molecule has 0 spiro atoms. The van der Waals surface area contributed by atoms with Crippen LogP contribution in [0, 0.1) is 11.9 Å². The van der Waals surface area contributed by atoms with Crippen LogP contribution in [0.2, 0.25) is 0 Å². The van der Waals surface area contributed by atoms with E-state index in [0.29, 0.717) is 13.1 Å². The van der Waals surface area contributed by atoms with E-state index < -0.39 is 23.3 Å². The molecule has 1 aromatic carbocycles. The lowest BCUT2D eigenvalue weighted by molar-refractivity contribution is -0.118. The fourth-order valence-corrected chi connectivity index (χ4v) is 4.02. The van der Waals surface area contributed by atoms with E-state index in [9.17, 15) is 14.3 Å². The fourth-order valence-electron chi connectivity index (χ4n) is 4.02. The van der Waals surface area contributed by atoms with Crippen LogP contribution in [-0.2, 0) is 11.3 Å². The molecular weight excluding hydrogens is 437 g/mol. The minimum Gasteiger partial charge on any atom is -0.508 e. The third kappa shape index (κ3) is 6.67. The number of nitrogens with zero attached hydrogens (tertiary/aromatic N) is 4. The number of nitrogens with two attached hydrogens (primary N) is 2. The Morgan fingerprint density at radius 2 is 2.06 bits per heavy atom. The van der Waals surface area contributed by atoms with Crippen LogP contribution >= 0.6 is 0 Å². The van der Waals surface area contributed by atoms with Crippen molar-refractivity contribution in [1.29, 1.82) is 0 Å². The average molecular weight is 468 g/mol. The number of halogens is 1. The zero-order valence-corrected chi connectivity index (χ0v) is 18.9. The molecule has 0 bridgehead atoms. The summed E-state index contributed by atoms with van der Waals surface area (Å²) >= 11 is 0. The highest BCUT2D eigenvalue weighted by Crippen LogP contribution is 2.33. The van der Waals surface area contributed by atoms with Crippen molar-refractivity contribution in [2.75, 3.05) is 6.54 Å². The number of amidine groups is 1. The van der Waals surface area contributed by atoms with Gasteiger partial charge in [-0.3, -0.25) is 14.8 Å². The lowest BCUT2D eigenvalue weighted by Gasteiger charge is -2.36. The van der Waals surface area contributed by atoms with Crippen molar-refractivity contribution in [1.82, 2.24) is 10.3 Å². The predicted octanol–water partition coefficient (Wildman–Crippen LogP) is 2.26. The Labute approximate surface area is 197 Å². The van der Waals surface area contributed by atoms with Crippen molar-refractivity contribution < 1.29 is 14.3 Å². The minimum atomic E-state index is -1.05. The van der Waals surface area contributed by atoms with Gasteiger partial charge in [0.05, 0.1) is 17.8 Å². The van der Waals surface area contributed by atoms with Gasteiger partial charge in [-0.1, -0.05) is 18.2 Å². The highest BCUT2D eigenvalue weighted by Gasteiger charge is 2.35. The molecule has 0 aliphatic heterocycles. The molecule has 1 aromatic heterocycles. The summed E-state index contributed by atoms with van der Waals surface area (Å²) in [5.74, 6) is -2.27. The summed E-state index contributed by atoms with van der Waals surface area (Å²) in [6.07, 6.45) is 5.78. The van der Waals surface area contributed by atoms with Gasteiger partial charge in [0.2, 0.25) is 11.9 Å². The normalized spacial score (nSPS) is 21.9. The quantitative estimate of drug-likeness (QED) is 0.240. The van der Waals surface area contributed by atoms with Crippen LogP contribution in [0.4, 0.5) is 10.1 Å². The number of primary amides is 1. The van der Waals surface area contributed by atoms with Crippen LogP contribution in [-0.4, -0.2) is 52.9 Å². The lowest BCUT2D eigenvalue weighted by atomic mass is 9.79. The number of carbonyl (C=O) groups excluding carboxylic acids is 1. The highest BCUT2D eigenvalue weighted by molar-refractivity contribution is 6.14. The molecule has 1 aliphatic rings. The van der Waals surface area contributed by atoms with Crippen LogP contribution in [0.3, 0.4) is 0 Å². The zero-order chi connectivity index (χ0) is 24.6. The molecule has 10 heteroatoms. The standard InChI is InChI=1S/C24H30FN7O2/c1-28-15-24(9-6-17(7-10-24)30-13-16-4-2-3-5-20(16)33)31-14-19(23(27)34)22(26)32-18-8-11-29-21(25)12-18/h2-5,8,11-12,14,17,19,30,33H,1,6-7,9-10,13,15H2,(H2,27,34)(H2,26,29,32). The number of hydrogen-bond donors (Lipinski definition) is 4. The number of rotatable bonds is 10. The first-order valence-electron chi connectivity index (χ1n) is 11.0. The first kappa shape index (κ1) is 25.0. The number of phenolic OH excluding ortho intramolecular Hbond substituents is 1. The molecule has 1 heterocycles. The van der Waals surface area contributed by atoms with Gasteiger partial charge in [-0.25, -0.2) is 9.98 Å². The number of aliphatic imine (C=N–C) groups is 3. The average Bonchev–Trinajstić information content (AvgIpc) is 2.80. The summed E-state index contributed by atoms with van der Waals surface area (Å²) in [5.41, 5.74) is 12.1. The molecule has 9 nitrogen and oxygen atoms in total. The third-order valence-corrected chi connectivity index (χ3v) is 5.99. The van der Waals surface area contributed by atoms with Gasteiger partial charge in [0, 0.05) is 36.6 Å². The molecule has 0 radical (unpaired) electrons. The Bertz CT molecular complexity index is 1060. The smallest absolute Gasteiger partial charge is 0.233 e. The lowest BCUT2D eigenvalue weighted by Crippen LogP contribution is -2.43. The molecule has 1 fully saturated rings. The number of aromatic nitrogens is 1. The minimum absolute atomic E-state index is 0.0819. The Kier molecular flexibility index (Phi) is 8.42.